The number of carbonyl (C=O) groups is 3. The maximum absolute atomic E-state index is 12.9. The highest BCUT2D eigenvalue weighted by atomic mass is 32.2. The molecule has 1 aliphatic rings. The summed E-state index contributed by atoms with van der Waals surface area (Å²) in [4.78, 5) is 37.8. The number of aliphatic carboxylic acids is 1. The maximum atomic E-state index is 12.9. The quantitative estimate of drug-likeness (QED) is 0.704. The molecule has 1 saturated heterocycles. The molecule has 2 unspecified atom stereocenters. The van der Waals surface area contributed by atoms with Crippen molar-refractivity contribution < 1.29 is 24.2 Å². The highest BCUT2D eigenvalue weighted by Crippen LogP contribution is 2.13. The fourth-order valence-electron chi connectivity index (χ4n) is 2.78. The average molecular weight is 380 g/mol. The molecule has 1 aromatic rings. The van der Waals surface area contributed by atoms with Gasteiger partial charge in [-0.05, 0) is 30.6 Å². The van der Waals surface area contributed by atoms with E-state index in [0.29, 0.717) is 25.1 Å². The van der Waals surface area contributed by atoms with E-state index in [1.807, 2.05) is 12.3 Å². The monoisotopic (exact) mass is 380 g/mol. The Morgan fingerprint density at radius 1 is 1.35 bits per heavy atom. The third-order valence-corrected chi connectivity index (χ3v) is 4.75. The first-order valence-corrected chi connectivity index (χ1v) is 9.87. The molecule has 0 aromatic heterocycles. The van der Waals surface area contributed by atoms with E-state index in [0.717, 1.165) is 5.75 Å². The molecule has 1 heterocycles. The Bertz CT molecular complexity index is 625. The van der Waals surface area contributed by atoms with Gasteiger partial charge in [0, 0.05) is 18.7 Å². The van der Waals surface area contributed by atoms with E-state index >= 15 is 0 Å². The van der Waals surface area contributed by atoms with Gasteiger partial charge in [0.1, 0.15) is 6.04 Å². The third kappa shape index (κ3) is 6.03. The van der Waals surface area contributed by atoms with E-state index in [-0.39, 0.29) is 24.8 Å². The smallest absolute Gasteiger partial charge is 0.306 e. The van der Waals surface area contributed by atoms with Gasteiger partial charge in [0.25, 0.3) is 5.91 Å². The first-order chi connectivity index (χ1) is 12.5. The standard InChI is InChI=1S/C18H24N2O5S/c1-26-10-7-15(19-17(23)13-5-3-2-4-6-13)18(24)20-8-9-25-14(12-20)11-16(21)22/h2-6,14-15H,7-12H2,1H3,(H,19,23)(H,21,22). The van der Waals surface area contributed by atoms with Crippen LogP contribution >= 0.6 is 11.8 Å². The van der Waals surface area contributed by atoms with Gasteiger partial charge in [0.05, 0.1) is 19.1 Å². The molecule has 8 heteroatoms. The van der Waals surface area contributed by atoms with Crippen molar-refractivity contribution in [3.05, 3.63) is 35.9 Å². The second-order valence-corrected chi connectivity index (χ2v) is 7.03. The second kappa shape index (κ2) is 10.2. The number of carboxylic acid groups (broad SMARTS) is 1. The minimum absolute atomic E-state index is 0.143. The van der Waals surface area contributed by atoms with Gasteiger partial charge in [-0.25, -0.2) is 0 Å². The zero-order valence-electron chi connectivity index (χ0n) is 14.7. The zero-order valence-corrected chi connectivity index (χ0v) is 15.5. The SMILES string of the molecule is CSCCC(NC(=O)c1ccccc1)C(=O)N1CCOC(CC(=O)O)C1. The highest BCUT2D eigenvalue weighted by Gasteiger charge is 2.31. The van der Waals surface area contributed by atoms with Crippen molar-refractivity contribution in [3.8, 4) is 0 Å². The molecule has 0 saturated carbocycles. The van der Waals surface area contributed by atoms with E-state index in [2.05, 4.69) is 5.32 Å². The predicted octanol–water partition coefficient (Wildman–Crippen LogP) is 1.24. The van der Waals surface area contributed by atoms with E-state index < -0.39 is 18.1 Å². The van der Waals surface area contributed by atoms with E-state index in [1.165, 1.54) is 0 Å². The summed E-state index contributed by atoms with van der Waals surface area (Å²) in [6.07, 6.45) is 1.80. The number of amides is 2. The van der Waals surface area contributed by atoms with Crippen molar-refractivity contribution in [2.75, 3.05) is 31.7 Å². The van der Waals surface area contributed by atoms with Crippen LogP contribution < -0.4 is 5.32 Å². The van der Waals surface area contributed by atoms with Crippen LogP contribution in [-0.4, -0.2) is 71.6 Å². The van der Waals surface area contributed by atoms with Crippen LogP contribution in [0.25, 0.3) is 0 Å². The van der Waals surface area contributed by atoms with E-state index in [4.69, 9.17) is 9.84 Å². The molecule has 26 heavy (non-hydrogen) atoms. The maximum Gasteiger partial charge on any atom is 0.306 e. The summed E-state index contributed by atoms with van der Waals surface area (Å²) in [5, 5.41) is 11.7. The number of nitrogens with zero attached hydrogens (tertiary/aromatic N) is 1. The topological polar surface area (TPSA) is 95.9 Å². The summed E-state index contributed by atoms with van der Waals surface area (Å²) in [7, 11) is 0. The van der Waals surface area contributed by atoms with E-state index in [1.54, 1.807) is 40.9 Å². The minimum Gasteiger partial charge on any atom is -0.481 e. The first-order valence-electron chi connectivity index (χ1n) is 8.48. The van der Waals surface area contributed by atoms with Crippen LogP contribution in [0.2, 0.25) is 0 Å². The Balaban J connectivity index is 2.03. The lowest BCUT2D eigenvalue weighted by molar-refractivity contribution is -0.148. The summed E-state index contributed by atoms with van der Waals surface area (Å²) < 4.78 is 5.41. The number of benzene rings is 1. The number of morpholine rings is 1. The first kappa shape index (κ1) is 20.3. The molecule has 1 aromatic carbocycles. The number of hydrogen-bond donors (Lipinski definition) is 2. The van der Waals surface area contributed by atoms with Gasteiger partial charge in [0.2, 0.25) is 5.91 Å². The van der Waals surface area contributed by atoms with Crippen LogP contribution in [0.4, 0.5) is 0 Å². The van der Waals surface area contributed by atoms with Gasteiger partial charge >= 0.3 is 5.97 Å². The molecule has 2 atom stereocenters. The number of nitrogens with one attached hydrogen (secondary N) is 1. The Hall–Kier alpha value is -2.06. The number of carboxylic acids is 1. The minimum atomic E-state index is -0.958. The van der Waals surface area contributed by atoms with Crippen LogP contribution in [0.5, 0.6) is 0 Å². The van der Waals surface area contributed by atoms with Gasteiger partial charge in [-0.1, -0.05) is 18.2 Å². The van der Waals surface area contributed by atoms with Gasteiger partial charge in [-0.3, -0.25) is 14.4 Å². The summed E-state index contributed by atoms with van der Waals surface area (Å²) in [6.45, 7) is 0.916. The second-order valence-electron chi connectivity index (χ2n) is 6.05. The average Bonchev–Trinajstić information content (AvgIpc) is 2.64. The van der Waals surface area contributed by atoms with Crippen molar-refractivity contribution in [2.45, 2.75) is 25.0 Å². The predicted molar refractivity (Wildman–Crippen MR) is 99.3 cm³/mol. The van der Waals surface area contributed by atoms with Gasteiger partial charge in [0.15, 0.2) is 0 Å². The third-order valence-electron chi connectivity index (χ3n) is 4.10. The number of carbonyl (C=O) groups excluding carboxylic acids is 2. The molecule has 0 radical (unpaired) electrons. The fourth-order valence-corrected chi connectivity index (χ4v) is 3.25. The summed E-state index contributed by atoms with van der Waals surface area (Å²) >= 11 is 1.60. The highest BCUT2D eigenvalue weighted by molar-refractivity contribution is 7.98. The van der Waals surface area contributed by atoms with Crippen LogP contribution in [0.1, 0.15) is 23.2 Å². The number of ether oxygens (including phenoxy) is 1. The van der Waals surface area contributed by atoms with Crippen LogP contribution in [-0.2, 0) is 14.3 Å². The lowest BCUT2D eigenvalue weighted by atomic mass is 10.1. The lowest BCUT2D eigenvalue weighted by Gasteiger charge is -2.34. The summed E-state index contributed by atoms with van der Waals surface area (Å²) in [5.41, 5.74) is 0.500. The molecule has 0 bridgehead atoms. The normalized spacial score (nSPS) is 18.2. The molecular formula is C18H24N2O5S. The Kier molecular flexibility index (Phi) is 7.93. The number of hydrogen-bond acceptors (Lipinski definition) is 5. The van der Waals surface area contributed by atoms with Crippen molar-refractivity contribution >= 4 is 29.5 Å². The van der Waals surface area contributed by atoms with Crippen LogP contribution in [0.15, 0.2) is 30.3 Å². The summed E-state index contributed by atoms with van der Waals surface area (Å²) in [6, 6.07) is 8.12. The molecule has 7 nitrogen and oxygen atoms in total. The number of thioether (sulfide) groups is 1. The Labute approximate surface area is 157 Å². The van der Waals surface area contributed by atoms with Crippen LogP contribution in [0, 0.1) is 0 Å². The van der Waals surface area contributed by atoms with Crippen molar-refractivity contribution in [2.24, 2.45) is 0 Å². The Morgan fingerprint density at radius 3 is 2.73 bits per heavy atom. The van der Waals surface area contributed by atoms with Crippen molar-refractivity contribution in [1.82, 2.24) is 10.2 Å². The molecule has 1 aliphatic heterocycles. The van der Waals surface area contributed by atoms with Gasteiger partial charge in [-0.2, -0.15) is 11.8 Å². The molecule has 2 rings (SSSR count). The van der Waals surface area contributed by atoms with Crippen LogP contribution in [0.3, 0.4) is 0 Å². The summed E-state index contributed by atoms with van der Waals surface area (Å²) in [5.74, 6) is -0.711. The Morgan fingerprint density at radius 2 is 2.08 bits per heavy atom. The largest absolute Gasteiger partial charge is 0.481 e. The van der Waals surface area contributed by atoms with Gasteiger partial charge in [-0.15, -0.1) is 0 Å². The molecule has 0 aliphatic carbocycles. The van der Waals surface area contributed by atoms with Crippen molar-refractivity contribution in [1.29, 1.82) is 0 Å². The van der Waals surface area contributed by atoms with Crippen molar-refractivity contribution in [3.63, 3.8) is 0 Å². The molecule has 142 valence electrons. The molecule has 1 fully saturated rings. The molecule has 0 spiro atoms. The lowest BCUT2D eigenvalue weighted by Crippen LogP contribution is -2.54. The zero-order chi connectivity index (χ0) is 18.9. The molecular weight excluding hydrogens is 356 g/mol. The number of rotatable bonds is 8. The van der Waals surface area contributed by atoms with E-state index in [9.17, 15) is 14.4 Å². The molecule has 2 amide bonds. The fraction of sp³-hybridized carbons (Fsp3) is 0.500. The molecule has 2 N–H and O–H groups in total. The van der Waals surface area contributed by atoms with Gasteiger partial charge < -0.3 is 20.1 Å².